The Morgan fingerprint density at radius 3 is 2.31 bits per heavy atom. The van der Waals surface area contributed by atoms with Crippen LogP contribution in [0, 0.1) is 0 Å². The zero-order valence-electron chi connectivity index (χ0n) is 9.42. The second kappa shape index (κ2) is 4.97. The fourth-order valence-corrected chi connectivity index (χ4v) is 2.21. The monoisotopic (exact) mass is 185 g/mol. The van der Waals surface area contributed by atoms with E-state index in [9.17, 15) is 0 Å². The summed E-state index contributed by atoms with van der Waals surface area (Å²) < 4.78 is 5.31. The normalized spacial score (nSPS) is 33.2. The van der Waals surface area contributed by atoms with Crippen LogP contribution in [0.15, 0.2) is 0 Å². The van der Waals surface area contributed by atoms with Crippen molar-refractivity contribution in [1.29, 1.82) is 0 Å². The molecule has 78 valence electrons. The largest absolute Gasteiger partial charge is 0.380 e. The van der Waals surface area contributed by atoms with Crippen molar-refractivity contribution in [2.75, 3.05) is 13.7 Å². The standard InChI is InChI=1S/C11H23NO/c1-9-6-5-7-10(2)12(9)8-11(3)13-4/h9-11H,5-8H2,1-4H3/t9-,10-,11?/m1/s1. The smallest absolute Gasteiger partial charge is 0.0670 e. The highest BCUT2D eigenvalue weighted by Crippen LogP contribution is 2.22. The van der Waals surface area contributed by atoms with E-state index in [0.717, 1.165) is 18.6 Å². The number of piperidine rings is 1. The molecule has 0 spiro atoms. The highest BCUT2D eigenvalue weighted by atomic mass is 16.5. The van der Waals surface area contributed by atoms with E-state index >= 15 is 0 Å². The van der Waals surface area contributed by atoms with Crippen LogP contribution in [0.2, 0.25) is 0 Å². The molecule has 1 unspecified atom stereocenters. The molecule has 1 aliphatic rings. The van der Waals surface area contributed by atoms with Gasteiger partial charge < -0.3 is 4.74 Å². The minimum Gasteiger partial charge on any atom is -0.380 e. The van der Waals surface area contributed by atoms with E-state index in [2.05, 4.69) is 25.7 Å². The zero-order valence-corrected chi connectivity index (χ0v) is 9.42. The highest BCUT2D eigenvalue weighted by molar-refractivity contribution is 4.80. The summed E-state index contributed by atoms with van der Waals surface area (Å²) >= 11 is 0. The molecule has 3 atom stereocenters. The molecule has 1 saturated heterocycles. The molecule has 1 fully saturated rings. The second-order valence-electron chi connectivity index (χ2n) is 4.37. The van der Waals surface area contributed by atoms with E-state index in [1.165, 1.54) is 19.3 Å². The Morgan fingerprint density at radius 1 is 1.31 bits per heavy atom. The first kappa shape index (κ1) is 11.0. The van der Waals surface area contributed by atoms with Gasteiger partial charge in [0.25, 0.3) is 0 Å². The van der Waals surface area contributed by atoms with Crippen LogP contribution >= 0.6 is 0 Å². The summed E-state index contributed by atoms with van der Waals surface area (Å²) in [6.45, 7) is 7.89. The van der Waals surface area contributed by atoms with Crippen LogP contribution in [0.25, 0.3) is 0 Å². The van der Waals surface area contributed by atoms with Crippen molar-refractivity contribution in [2.24, 2.45) is 0 Å². The van der Waals surface area contributed by atoms with Crippen LogP contribution in [0.4, 0.5) is 0 Å². The van der Waals surface area contributed by atoms with Crippen LogP contribution in [0.5, 0.6) is 0 Å². The van der Waals surface area contributed by atoms with Crippen LogP contribution in [0.3, 0.4) is 0 Å². The molecular formula is C11H23NO. The molecule has 0 aromatic heterocycles. The molecule has 13 heavy (non-hydrogen) atoms. The molecule has 0 aliphatic carbocycles. The maximum Gasteiger partial charge on any atom is 0.0670 e. The Hall–Kier alpha value is -0.0800. The van der Waals surface area contributed by atoms with Gasteiger partial charge in [0.1, 0.15) is 0 Å². The number of likely N-dealkylation sites (tertiary alicyclic amines) is 1. The van der Waals surface area contributed by atoms with E-state index in [1.54, 1.807) is 7.11 Å². The van der Waals surface area contributed by atoms with E-state index in [-0.39, 0.29) is 0 Å². The maximum absolute atomic E-state index is 5.31. The van der Waals surface area contributed by atoms with Crippen molar-refractivity contribution in [3.05, 3.63) is 0 Å². The van der Waals surface area contributed by atoms with Gasteiger partial charge in [-0.25, -0.2) is 0 Å². The van der Waals surface area contributed by atoms with Crippen LogP contribution in [-0.2, 0) is 4.74 Å². The SMILES string of the molecule is COC(C)CN1[C@H](C)CCC[C@H]1C. The van der Waals surface area contributed by atoms with Crippen molar-refractivity contribution in [1.82, 2.24) is 4.90 Å². The van der Waals surface area contributed by atoms with Crippen LogP contribution in [-0.4, -0.2) is 36.7 Å². The average molecular weight is 185 g/mol. The molecule has 1 aliphatic heterocycles. The third kappa shape index (κ3) is 2.96. The summed E-state index contributed by atoms with van der Waals surface area (Å²) in [4.78, 5) is 2.58. The third-order valence-electron chi connectivity index (χ3n) is 3.25. The Bertz CT molecular complexity index is 139. The molecule has 0 aromatic rings. The van der Waals surface area contributed by atoms with E-state index in [4.69, 9.17) is 4.74 Å². The number of nitrogens with zero attached hydrogens (tertiary/aromatic N) is 1. The topological polar surface area (TPSA) is 12.5 Å². The minimum atomic E-state index is 0.364. The Kier molecular flexibility index (Phi) is 4.20. The average Bonchev–Trinajstić information content (AvgIpc) is 2.11. The summed E-state index contributed by atoms with van der Waals surface area (Å²) in [5.41, 5.74) is 0. The van der Waals surface area contributed by atoms with E-state index in [0.29, 0.717) is 6.10 Å². The number of ether oxygens (including phenoxy) is 1. The first-order chi connectivity index (χ1) is 6.15. The molecule has 0 aromatic carbocycles. The summed E-state index contributed by atoms with van der Waals surface area (Å²) in [5, 5.41) is 0. The highest BCUT2D eigenvalue weighted by Gasteiger charge is 2.25. The van der Waals surface area contributed by atoms with Crippen molar-refractivity contribution in [3.8, 4) is 0 Å². The Morgan fingerprint density at radius 2 is 1.85 bits per heavy atom. The van der Waals surface area contributed by atoms with Gasteiger partial charge in [-0.1, -0.05) is 6.42 Å². The number of methoxy groups -OCH3 is 1. The van der Waals surface area contributed by atoms with E-state index < -0.39 is 0 Å². The lowest BCUT2D eigenvalue weighted by molar-refractivity contribution is 0.0264. The molecule has 0 radical (unpaired) electrons. The van der Waals surface area contributed by atoms with Gasteiger partial charge in [0.15, 0.2) is 0 Å². The van der Waals surface area contributed by atoms with E-state index in [1.807, 2.05) is 0 Å². The lowest BCUT2D eigenvalue weighted by atomic mass is 9.97. The lowest BCUT2D eigenvalue weighted by Gasteiger charge is -2.40. The van der Waals surface area contributed by atoms with Gasteiger partial charge in [-0.05, 0) is 33.6 Å². The predicted octanol–water partition coefficient (Wildman–Crippen LogP) is 2.28. The summed E-state index contributed by atoms with van der Waals surface area (Å²) in [5.74, 6) is 0. The van der Waals surface area contributed by atoms with Crippen molar-refractivity contribution < 1.29 is 4.74 Å². The van der Waals surface area contributed by atoms with Gasteiger partial charge in [0.05, 0.1) is 6.10 Å². The maximum atomic E-state index is 5.31. The summed E-state index contributed by atoms with van der Waals surface area (Å²) in [6, 6.07) is 1.47. The quantitative estimate of drug-likeness (QED) is 0.669. The lowest BCUT2D eigenvalue weighted by Crippen LogP contribution is -2.47. The molecule has 2 heteroatoms. The van der Waals surface area contributed by atoms with Crippen molar-refractivity contribution in [3.63, 3.8) is 0 Å². The van der Waals surface area contributed by atoms with Crippen LogP contribution in [0.1, 0.15) is 40.0 Å². The summed E-state index contributed by atoms with van der Waals surface area (Å²) in [6.07, 6.45) is 4.45. The fraction of sp³-hybridized carbons (Fsp3) is 1.00. The van der Waals surface area contributed by atoms with Crippen LogP contribution < -0.4 is 0 Å². The molecule has 0 saturated carbocycles. The molecular weight excluding hydrogens is 162 g/mol. The molecule has 1 heterocycles. The van der Waals surface area contributed by atoms with Gasteiger partial charge >= 0.3 is 0 Å². The second-order valence-corrected chi connectivity index (χ2v) is 4.37. The minimum absolute atomic E-state index is 0.364. The van der Waals surface area contributed by atoms with Gasteiger partial charge in [0.2, 0.25) is 0 Å². The van der Waals surface area contributed by atoms with Gasteiger partial charge in [-0.2, -0.15) is 0 Å². The fourth-order valence-electron chi connectivity index (χ4n) is 2.21. The van der Waals surface area contributed by atoms with Crippen molar-refractivity contribution >= 4 is 0 Å². The number of hydrogen-bond acceptors (Lipinski definition) is 2. The molecule has 2 nitrogen and oxygen atoms in total. The number of hydrogen-bond donors (Lipinski definition) is 0. The number of rotatable bonds is 3. The first-order valence-corrected chi connectivity index (χ1v) is 5.43. The Labute approximate surface area is 82.3 Å². The zero-order chi connectivity index (χ0) is 9.84. The Balaban J connectivity index is 2.43. The van der Waals surface area contributed by atoms with Gasteiger partial charge in [-0.15, -0.1) is 0 Å². The summed E-state index contributed by atoms with van der Waals surface area (Å²) in [7, 11) is 1.80. The first-order valence-electron chi connectivity index (χ1n) is 5.43. The van der Waals surface area contributed by atoms with Gasteiger partial charge in [0, 0.05) is 25.7 Å². The van der Waals surface area contributed by atoms with Crippen molar-refractivity contribution in [2.45, 2.75) is 58.2 Å². The molecule has 1 rings (SSSR count). The van der Waals surface area contributed by atoms with Gasteiger partial charge in [-0.3, -0.25) is 4.90 Å². The molecule has 0 N–H and O–H groups in total. The third-order valence-corrected chi connectivity index (χ3v) is 3.25. The predicted molar refractivity (Wildman–Crippen MR) is 56.0 cm³/mol. The molecule has 0 bridgehead atoms. The molecule has 0 amide bonds.